The lowest BCUT2D eigenvalue weighted by Gasteiger charge is -2.32. The maximum absolute atomic E-state index is 6.14. The number of benzene rings is 1. The van der Waals surface area contributed by atoms with E-state index in [0.29, 0.717) is 5.92 Å². The van der Waals surface area contributed by atoms with E-state index in [1.807, 2.05) is 19.2 Å². The Kier molecular flexibility index (Phi) is 5.17. The summed E-state index contributed by atoms with van der Waals surface area (Å²) in [6.07, 6.45) is 4.23. The zero-order chi connectivity index (χ0) is 17.3. The molecule has 0 amide bonds. The van der Waals surface area contributed by atoms with Gasteiger partial charge in [-0.3, -0.25) is 4.99 Å². The van der Waals surface area contributed by atoms with Crippen LogP contribution in [0.25, 0.3) is 0 Å². The molecule has 0 N–H and O–H groups in total. The molecule has 4 heteroatoms. The van der Waals surface area contributed by atoms with Crippen LogP contribution in [0, 0.1) is 5.92 Å². The second-order valence-electron chi connectivity index (χ2n) is 7.43. The van der Waals surface area contributed by atoms with Gasteiger partial charge >= 0.3 is 7.12 Å². The van der Waals surface area contributed by atoms with E-state index < -0.39 is 0 Å². The fourth-order valence-electron chi connectivity index (χ4n) is 2.41. The lowest BCUT2D eigenvalue weighted by Crippen LogP contribution is -2.41. The summed E-state index contributed by atoms with van der Waals surface area (Å²) >= 11 is 0. The third kappa shape index (κ3) is 3.93. The van der Waals surface area contributed by atoms with Crippen LogP contribution >= 0.6 is 0 Å². The molecule has 0 aliphatic carbocycles. The fraction of sp³-hybridized carbons (Fsp3) is 0.526. The third-order valence-corrected chi connectivity index (χ3v) is 4.59. The van der Waals surface area contributed by atoms with Crippen LogP contribution in [0.2, 0.25) is 0 Å². The lowest BCUT2D eigenvalue weighted by atomic mass is 9.78. The summed E-state index contributed by atoms with van der Waals surface area (Å²) in [5, 5.41) is 0. The smallest absolute Gasteiger partial charge is 0.399 e. The van der Waals surface area contributed by atoms with E-state index in [2.05, 4.69) is 70.8 Å². The van der Waals surface area contributed by atoms with Crippen molar-refractivity contribution in [2.24, 2.45) is 10.9 Å². The van der Waals surface area contributed by atoms with E-state index in [0.717, 1.165) is 16.7 Å². The number of hydrogen-bond acceptors (Lipinski definition) is 3. The zero-order valence-corrected chi connectivity index (χ0v) is 15.4. The third-order valence-electron chi connectivity index (χ3n) is 4.59. The summed E-state index contributed by atoms with van der Waals surface area (Å²) in [5.41, 5.74) is 2.42. The maximum Gasteiger partial charge on any atom is 0.494 e. The minimum atomic E-state index is -0.341. The Morgan fingerprint density at radius 3 is 2.26 bits per heavy atom. The van der Waals surface area contributed by atoms with Gasteiger partial charge in [0.1, 0.15) is 0 Å². The monoisotopic (exact) mass is 313 g/mol. The SMILES string of the molecule is C/N=C(\C=C/C(C)C)c1cccc(B2OC(C)(C)C(C)(C)O2)c1. The predicted octanol–water partition coefficient (Wildman–Crippen LogP) is 3.62. The summed E-state index contributed by atoms with van der Waals surface area (Å²) in [6, 6.07) is 8.26. The van der Waals surface area contributed by atoms with Crippen molar-refractivity contribution in [3.05, 3.63) is 42.0 Å². The molecule has 0 radical (unpaired) electrons. The quantitative estimate of drug-likeness (QED) is 0.628. The van der Waals surface area contributed by atoms with Crippen molar-refractivity contribution in [1.29, 1.82) is 0 Å². The van der Waals surface area contributed by atoms with Crippen molar-refractivity contribution in [2.75, 3.05) is 7.05 Å². The molecule has 124 valence electrons. The van der Waals surface area contributed by atoms with Gasteiger partial charge in [-0.15, -0.1) is 0 Å². The number of rotatable bonds is 4. The Hall–Kier alpha value is -1.39. The van der Waals surface area contributed by atoms with Crippen molar-refractivity contribution in [1.82, 2.24) is 0 Å². The summed E-state index contributed by atoms with van der Waals surface area (Å²) in [4.78, 5) is 4.40. The molecule has 3 nitrogen and oxygen atoms in total. The number of allylic oxidation sites excluding steroid dienone is 2. The molecule has 0 atom stereocenters. The van der Waals surface area contributed by atoms with Crippen LogP contribution in [0.5, 0.6) is 0 Å². The van der Waals surface area contributed by atoms with E-state index in [4.69, 9.17) is 9.31 Å². The first-order valence-electron chi connectivity index (χ1n) is 8.27. The van der Waals surface area contributed by atoms with Gasteiger partial charge in [0.15, 0.2) is 0 Å². The fourth-order valence-corrected chi connectivity index (χ4v) is 2.41. The molecule has 0 aromatic heterocycles. The molecule has 0 unspecified atom stereocenters. The first-order valence-corrected chi connectivity index (χ1v) is 8.27. The molecule has 0 bridgehead atoms. The first-order chi connectivity index (χ1) is 10.7. The average Bonchev–Trinajstić information content (AvgIpc) is 2.68. The highest BCUT2D eigenvalue weighted by Crippen LogP contribution is 2.36. The van der Waals surface area contributed by atoms with Gasteiger partial charge < -0.3 is 9.31 Å². The average molecular weight is 313 g/mol. The minimum absolute atomic E-state index is 0.326. The highest BCUT2D eigenvalue weighted by atomic mass is 16.7. The normalized spacial score (nSPS) is 20.7. The van der Waals surface area contributed by atoms with Crippen LogP contribution in [0.4, 0.5) is 0 Å². The topological polar surface area (TPSA) is 30.8 Å². The standard InChI is InChI=1S/C19H28BNO2/c1-14(2)11-12-17(21-7)15-9-8-10-16(13-15)20-22-18(3,4)19(5,6)23-20/h8-14H,1-7H3/b12-11-,21-17+. The molecule has 2 rings (SSSR count). The van der Waals surface area contributed by atoms with Crippen molar-refractivity contribution in [2.45, 2.75) is 52.7 Å². The minimum Gasteiger partial charge on any atom is -0.399 e. The molecule has 1 aromatic rings. The summed E-state index contributed by atoms with van der Waals surface area (Å²) in [6.45, 7) is 12.6. The molecule has 0 saturated carbocycles. The van der Waals surface area contributed by atoms with E-state index in [1.165, 1.54) is 0 Å². The van der Waals surface area contributed by atoms with Crippen molar-refractivity contribution in [3.8, 4) is 0 Å². The highest BCUT2D eigenvalue weighted by Gasteiger charge is 2.51. The summed E-state index contributed by atoms with van der Waals surface area (Å²) < 4.78 is 12.3. The van der Waals surface area contributed by atoms with E-state index in [1.54, 1.807) is 0 Å². The second-order valence-corrected chi connectivity index (χ2v) is 7.43. The van der Waals surface area contributed by atoms with Crippen LogP contribution in [0.15, 0.2) is 41.4 Å². The lowest BCUT2D eigenvalue weighted by molar-refractivity contribution is 0.00578. The summed E-state index contributed by atoms with van der Waals surface area (Å²) in [5.74, 6) is 0.498. The van der Waals surface area contributed by atoms with Crippen molar-refractivity contribution >= 4 is 18.3 Å². The Balaban J connectivity index is 2.28. The second kappa shape index (κ2) is 6.62. The van der Waals surface area contributed by atoms with E-state index >= 15 is 0 Å². The molecule has 0 spiro atoms. The van der Waals surface area contributed by atoms with Gasteiger partial charge in [-0.25, -0.2) is 0 Å². The van der Waals surface area contributed by atoms with Gasteiger partial charge in [0.05, 0.1) is 16.9 Å². The molecule has 1 aliphatic heterocycles. The maximum atomic E-state index is 6.14. The van der Waals surface area contributed by atoms with Gasteiger partial charge in [0.25, 0.3) is 0 Å². The Morgan fingerprint density at radius 2 is 1.74 bits per heavy atom. The Bertz CT molecular complexity index is 602. The molecule has 1 aromatic carbocycles. The van der Waals surface area contributed by atoms with Crippen molar-refractivity contribution < 1.29 is 9.31 Å². The van der Waals surface area contributed by atoms with Crippen LogP contribution in [0.1, 0.15) is 47.1 Å². The van der Waals surface area contributed by atoms with E-state index in [-0.39, 0.29) is 18.3 Å². The molecule has 1 heterocycles. The van der Waals surface area contributed by atoms with Gasteiger partial charge in [0, 0.05) is 7.05 Å². The number of hydrogen-bond donors (Lipinski definition) is 0. The molecule has 23 heavy (non-hydrogen) atoms. The van der Waals surface area contributed by atoms with Crippen LogP contribution in [-0.4, -0.2) is 31.1 Å². The molecule has 1 aliphatic rings. The molecule has 1 fully saturated rings. The molecule has 1 saturated heterocycles. The van der Waals surface area contributed by atoms with Crippen molar-refractivity contribution in [3.63, 3.8) is 0 Å². The number of nitrogens with zero attached hydrogens (tertiary/aromatic N) is 1. The zero-order valence-electron chi connectivity index (χ0n) is 15.4. The van der Waals surface area contributed by atoms with Gasteiger partial charge in [-0.05, 0) is 50.7 Å². The van der Waals surface area contributed by atoms with Crippen LogP contribution < -0.4 is 5.46 Å². The largest absolute Gasteiger partial charge is 0.494 e. The van der Waals surface area contributed by atoms with Gasteiger partial charge in [-0.1, -0.05) is 44.2 Å². The molecular formula is C19H28BNO2. The van der Waals surface area contributed by atoms with Crippen LogP contribution in [0.3, 0.4) is 0 Å². The van der Waals surface area contributed by atoms with Gasteiger partial charge in [-0.2, -0.15) is 0 Å². The Morgan fingerprint density at radius 1 is 1.13 bits per heavy atom. The summed E-state index contributed by atoms with van der Waals surface area (Å²) in [7, 11) is 1.48. The molecular weight excluding hydrogens is 285 g/mol. The highest BCUT2D eigenvalue weighted by molar-refractivity contribution is 6.62. The van der Waals surface area contributed by atoms with E-state index in [9.17, 15) is 0 Å². The predicted molar refractivity (Wildman–Crippen MR) is 98.6 cm³/mol. The van der Waals surface area contributed by atoms with Crippen LogP contribution in [-0.2, 0) is 9.31 Å². The van der Waals surface area contributed by atoms with Gasteiger partial charge in [0.2, 0.25) is 0 Å². The number of aliphatic imine (C=N–C) groups is 1. The first kappa shape index (κ1) is 18.0. The Labute approximate surface area is 140 Å².